The van der Waals surface area contributed by atoms with Gasteiger partial charge in [0.2, 0.25) is 10.0 Å². The number of ether oxygens (including phenoxy) is 3. The van der Waals surface area contributed by atoms with Crippen LogP contribution in [0.2, 0.25) is 0 Å². The van der Waals surface area contributed by atoms with Gasteiger partial charge in [0.1, 0.15) is 0 Å². The summed E-state index contributed by atoms with van der Waals surface area (Å²) in [5.41, 5.74) is 1.09. The summed E-state index contributed by atoms with van der Waals surface area (Å²) in [6.45, 7) is 7.95. The van der Waals surface area contributed by atoms with E-state index in [4.69, 9.17) is 19.2 Å². The molecule has 1 aliphatic heterocycles. The molecule has 2 heterocycles. The van der Waals surface area contributed by atoms with Crippen molar-refractivity contribution in [3.8, 4) is 11.5 Å². The van der Waals surface area contributed by atoms with Crippen molar-refractivity contribution in [2.24, 2.45) is 0 Å². The number of hydrogen-bond acceptors (Lipinski definition) is 9. The number of carbonyl (C=O) groups excluding carboxylic acids is 1. The van der Waals surface area contributed by atoms with E-state index in [0.717, 1.165) is 30.6 Å². The third-order valence-electron chi connectivity index (χ3n) is 7.19. The first-order valence-electron chi connectivity index (χ1n) is 13.5. The van der Waals surface area contributed by atoms with Gasteiger partial charge in [-0.2, -0.15) is 4.31 Å². The molecule has 1 atom stereocenters. The molecule has 1 fully saturated rings. The topological polar surface area (TPSA) is 102 Å². The number of fused-ring (bicyclic) bond motifs is 1. The maximum absolute atomic E-state index is 13.8. The van der Waals surface area contributed by atoms with Gasteiger partial charge in [-0.1, -0.05) is 25.2 Å². The van der Waals surface area contributed by atoms with E-state index >= 15 is 0 Å². The fourth-order valence-electron chi connectivity index (χ4n) is 4.70. The second-order valence-electron chi connectivity index (χ2n) is 9.60. The van der Waals surface area contributed by atoms with Crippen molar-refractivity contribution in [3.05, 3.63) is 42.0 Å². The molecule has 10 nitrogen and oxygen atoms in total. The van der Waals surface area contributed by atoms with Crippen LogP contribution >= 0.6 is 23.7 Å². The summed E-state index contributed by atoms with van der Waals surface area (Å²) >= 11 is 1.40. The zero-order valence-electron chi connectivity index (χ0n) is 24.2. The summed E-state index contributed by atoms with van der Waals surface area (Å²) in [4.78, 5) is 22.6. The molecular weight excluding hydrogens is 588 g/mol. The van der Waals surface area contributed by atoms with Crippen LogP contribution in [0.4, 0.5) is 5.13 Å². The number of anilines is 1. The van der Waals surface area contributed by atoms with Gasteiger partial charge in [0.05, 0.1) is 35.4 Å². The average Bonchev–Trinajstić information content (AvgIpc) is 3.63. The van der Waals surface area contributed by atoms with Crippen LogP contribution in [0.1, 0.15) is 37.0 Å². The maximum Gasteiger partial charge on any atom is 0.260 e. The van der Waals surface area contributed by atoms with Crippen molar-refractivity contribution < 1.29 is 27.4 Å². The average molecular weight is 627 g/mol. The van der Waals surface area contributed by atoms with Crippen LogP contribution in [0.3, 0.4) is 0 Å². The first-order valence-corrected chi connectivity index (χ1v) is 15.7. The molecule has 1 amide bonds. The second kappa shape index (κ2) is 14.6. The van der Waals surface area contributed by atoms with Crippen molar-refractivity contribution in [2.75, 3.05) is 65.5 Å². The highest BCUT2D eigenvalue weighted by atomic mass is 35.5. The Hall–Kier alpha value is -2.48. The Balaban J connectivity index is 0.00000462. The van der Waals surface area contributed by atoms with E-state index in [0.29, 0.717) is 54.0 Å². The van der Waals surface area contributed by atoms with E-state index in [9.17, 15) is 13.2 Å². The Morgan fingerprint density at radius 2 is 1.73 bits per heavy atom. The molecule has 0 aliphatic carbocycles. The lowest BCUT2D eigenvalue weighted by Crippen LogP contribution is -2.39. The molecule has 1 saturated heterocycles. The van der Waals surface area contributed by atoms with Crippen molar-refractivity contribution in [3.63, 3.8) is 0 Å². The minimum Gasteiger partial charge on any atom is -0.493 e. The number of amides is 1. The summed E-state index contributed by atoms with van der Waals surface area (Å²) in [6, 6.07) is 9.78. The van der Waals surface area contributed by atoms with Gasteiger partial charge in [-0.15, -0.1) is 12.4 Å². The Morgan fingerprint density at radius 3 is 2.32 bits per heavy atom. The Bertz CT molecular complexity index is 1370. The maximum atomic E-state index is 13.8. The molecule has 4 rings (SSSR count). The molecular formula is C28H39ClN4O6S2. The van der Waals surface area contributed by atoms with Crippen molar-refractivity contribution in [1.82, 2.24) is 14.2 Å². The summed E-state index contributed by atoms with van der Waals surface area (Å²) in [5, 5.41) is 0.551. The van der Waals surface area contributed by atoms with Gasteiger partial charge in [-0.3, -0.25) is 9.69 Å². The molecule has 1 unspecified atom stereocenters. The van der Waals surface area contributed by atoms with E-state index in [1.807, 2.05) is 6.07 Å². The van der Waals surface area contributed by atoms with Crippen LogP contribution in [0.25, 0.3) is 10.2 Å². The largest absolute Gasteiger partial charge is 0.493 e. The van der Waals surface area contributed by atoms with Crippen LogP contribution in [0.5, 0.6) is 11.5 Å². The second-order valence-corrected chi connectivity index (χ2v) is 12.7. The highest BCUT2D eigenvalue weighted by Gasteiger charge is 2.27. The summed E-state index contributed by atoms with van der Waals surface area (Å²) in [6.07, 6.45) is 1.70. The number of halogens is 1. The standard InChI is InChI=1S/C28H38N4O6S2.ClH/c1-6-31(7-2)14-15-32(28-29-23-17-24(36-4)25(37-5)18-26(23)39-28)27(33)20-10-12-22(13-11-20)40(34,35)30(3)19-21-9-8-16-38-21;/h10-13,17-18,21H,6-9,14-16,19H2,1-5H3;1H. The highest BCUT2D eigenvalue weighted by molar-refractivity contribution is 7.89. The van der Waals surface area contributed by atoms with E-state index in [1.54, 1.807) is 44.4 Å². The predicted molar refractivity (Wildman–Crippen MR) is 165 cm³/mol. The molecule has 3 aromatic rings. The molecule has 1 aliphatic rings. The number of rotatable bonds is 13. The first-order chi connectivity index (χ1) is 19.2. The van der Waals surface area contributed by atoms with Crippen LogP contribution in [0.15, 0.2) is 41.3 Å². The molecule has 0 saturated carbocycles. The zero-order chi connectivity index (χ0) is 28.9. The minimum absolute atomic E-state index is 0. The molecule has 0 bridgehead atoms. The predicted octanol–water partition coefficient (Wildman–Crippen LogP) is 4.52. The smallest absolute Gasteiger partial charge is 0.260 e. The van der Waals surface area contributed by atoms with Gasteiger partial charge in [-0.25, -0.2) is 13.4 Å². The molecule has 1 aromatic heterocycles. The SMILES string of the molecule is CCN(CC)CCN(C(=O)c1ccc(S(=O)(=O)N(C)CC2CCCO2)cc1)c1nc2cc(OC)c(OC)cc2s1.Cl. The number of thiazole rings is 1. The van der Waals surface area contributed by atoms with E-state index in [2.05, 4.69) is 18.7 Å². The third kappa shape index (κ3) is 7.49. The summed E-state index contributed by atoms with van der Waals surface area (Å²) in [5.74, 6) is 0.906. The van der Waals surface area contributed by atoms with E-state index in [-0.39, 0.29) is 29.3 Å². The highest BCUT2D eigenvalue weighted by Crippen LogP contribution is 2.37. The molecule has 13 heteroatoms. The Morgan fingerprint density at radius 1 is 1.07 bits per heavy atom. The number of hydrogen-bond donors (Lipinski definition) is 0. The molecule has 41 heavy (non-hydrogen) atoms. The lowest BCUT2D eigenvalue weighted by Gasteiger charge is -2.25. The van der Waals surface area contributed by atoms with Crippen molar-refractivity contribution in [1.29, 1.82) is 0 Å². The van der Waals surface area contributed by atoms with Crippen LogP contribution < -0.4 is 14.4 Å². The van der Waals surface area contributed by atoms with Crippen LogP contribution in [0, 0.1) is 0 Å². The van der Waals surface area contributed by atoms with Gasteiger partial charge in [-0.05, 0) is 50.2 Å². The number of sulfonamides is 1. The number of benzene rings is 2. The Labute approximate surface area is 252 Å². The normalized spacial score (nSPS) is 15.3. The minimum atomic E-state index is -3.71. The van der Waals surface area contributed by atoms with Gasteiger partial charge in [0, 0.05) is 51.0 Å². The van der Waals surface area contributed by atoms with Crippen molar-refractivity contribution in [2.45, 2.75) is 37.7 Å². The molecule has 0 radical (unpaired) electrons. The number of carbonyl (C=O) groups is 1. The fourth-order valence-corrected chi connectivity index (χ4v) is 6.90. The third-order valence-corrected chi connectivity index (χ3v) is 10.1. The van der Waals surface area contributed by atoms with Crippen LogP contribution in [-0.2, 0) is 14.8 Å². The van der Waals surface area contributed by atoms with Crippen LogP contribution in [-0.4, -0.2) is 95.2 Å². The molecule has 0 spiro atoms. The Kier molecular flexibility index (Phi) is 11.8. The lowest BCUT2D eigenvalue weighted by molar-refractivity contribution is 0.0978. The number of nitrogens with zero attached hydrogens (tertiary/aromatic N) is 4. The van der Waals surface area contributed by atoms with Gasteiger partial charge in [0.15, 0.2) is 16.6 Å². The van der Waals surface area contributed by atoms with Crippen molar-refractivity contribution >= 4 is 55.0 Å². The monoisotopic (exact) mass is 626 g/mol. The quantitative estimate of drug-likeness (QED) is 0.273. The van der Waals surface area contributed by atoms with Gasteiger partial charge >= 0.3 is 0 Å². The first kappa shape index (κ1) is 33.0. The number of aromatic nitrogens is 1. The molecule has 2 aromatic carbocycles. The number of methoxy groups -OCH3 is 2. The lowest BCUT2D eigenvalue weighted by atomic mass is 10.2. The zero-order valence-corrected chi connectivity index (χ0v) is 26.6. The fraction of sp³-hybridized carbons (Fsp3) is 0.500. The van der Waals surface area contributed by atoms with E-state index < -0.39 is 10.0 Å². The van der Waals surface area contributed by atoms with E-state index in [1.165, 1.54) is 27.8 Å². The summed E-state index contributed by atoms with van der Waals surface area (Å²) in [7, 11) is 0.995. The molecule has 0 N–H and O–H groups in total. The number of likely N-dealkylation sites (N-methyl/N-ethyl adjacent to an activating group) is 2. The summed E-state index contributed by atoms with van der Waals surface area (Å²) < 4.78 is 44.9. The van der Waals surface area contributed by atoms with Gasteiger partial charge in [0.25, 0.3) is 5.91 Å². The van der Waals surface area contributed by atoms with Gasteiger partial charge < -0.3 is 19.1 Å². The molecule has 226 valence electrons.